The molecule has 0 saturated carbocycles. The lowest BCUT2D eigenvalue weighted by atomic mass is 9.83. The lowest BCUT2D eigenvalue weighted by molar-refractivity contribution is 0.301. The van der Waals surface area contributed by atoms with Crippen LogP contribution in [0.4, 0.5) is 0 Å². The first-order valence-electron chi connectivity index (χ1n) is 8.87. The summed E-state index contributed by atoms with van der Waals surface area (Å²) in [6, 6.07) is 13.1. The summed E-state index contributed by atoms with van der Waals surface area (Å²) in [5.41, 5.74) is 9.48. The number of aromatic nitrogens is 2. The molecular weight excluding hydrogens is 491 g/mol. The maximum absolute atomic E-state index is 9.79. The van der Waals surface area contributed by atoms with Crippen molar-refractivity contribution in [2.75, 3.05) is 0 Å². The van der Waals surface area contributed by atoms with Crippen molar-refractivity contribution in [1.29, 1.82) is 5.26 Å². The normalized spacial score (nSPS) is 15.4. The standard InChI is InChI=1S/C21H15BrCl2N4O2/c1-10-18-19(14(8-25)20(26)30-21(18)28-27-10)13-7-12(22)3-5-17(13)29-9-11-2-4-15(23)16(24)6-11/h2-7,19H,9,26H2,1H3,(H,27,28)/t19-/m1/s1. The average Bonchev–Trinajstić information content (AvgIpc) is 3.08. The molecule has 1 aliphatic heterocycles. The minimum Gasteiger partial charge on any atom is -0.489 e. The van der Waals surface area contributed by atoms with Crippen LogP contribution in [0.1, 0.15) is 28.3 Å². The van der Waals surface area contributed by atoms with E-state index in [2.05, 4.69) is 32.2 Å². The quantitative estimate of drug-likeness (QED) is 0.482. The molecule has 4 rings (SSSR count). The summed E-state index contributed by atoms with van der Waals surface area (Å²) in [6.07, 6.45) is 0. The summed E-state index contributed by atoms with van der Waals surface area (Å²) in [6.45, 7) is 2.14. The van der Waals surface area contributed by atoms with Gasteiger partial charge in [0.2, 0.25) is 11.8 Å². The van der Waals surface area contributed by atoms with Crippen LogP contribution >= 0.6 is 39.1 Å². The van der Waals surface area contributed by atoms with Crippen LogP contribution in [0.25, 0.3) is 0 Å². The number of hydrogen-bond acceptors (Lipinski definition) is 5. The Balaban J connectivity index is 1.77. The lowest BCUT2D eigenvalue weighted by Gasteiger charge is -2.25. The second kappa shape index (κ2) is 8.23. The third kappa shape index (κ3) is 3.74. The topological polar surface area (TPSA) is 97.0 Å². The van der Waals surface area contributed by atoms with Crippen molar-refractivity contribution in [1.82, 2.24) is 10.2 Å². The number of aryl methyl sites for hydroxylation is 1. The number of H-pyrrole nitrogens is 1. The van der Waals surface area contributed by atoms with Gasteiger partial charge >= 0.3 is 0 Å². The molecule has 1 atom stereocenters. The molecule has 0 saturated heterocycles. The largest absolute Gasteiger partial charge is 0.489 e. The molecule has 0 amide bonds. The Bertz CT molecular complexity index is 1220. The molecule has 3 aromatic rings. The van der Waals surface area contributed by atoms with Gasteiger partial charge in [0.05, 0.1) is 16.0 Å². The molecule has 3 N–H and O–H groups in total. The van der Waals surface area contributed by atoms with Gasteiger partial charge in [0.1, 0.15) is 24.0 Å². The van der Waals surface area contributed by atoms with Gasteiger partial charge in [0.15, 0.2) is 0 Å². The molecule has 2 heterocycles. The van der Waals surface area contributed by atoms with Crippen molar-refractivity contribution in [3.05, 3.63) is 84.8 Å². The fourth-order valence-electron chi connectivity index (χ4n) is 3.38. The molecular formula is C21H15BrCl2N4O2. The van der Waals surface area contributed by atoms with Gasteiger partial charge in [-0.05, 0) is 42.8 Å². The first kappa shape index (κ1) is 20.6. The predicted molar refractivity (Wildman–Crippen MR) is 118 cm³/mol. The number of ether oxygens (including phenoxy) is 2. The second-order valence-corrected chi connectivity index (χ2v) is 8.44. The fourth-order valence-corrected chi connectivity index (χ4v) is 4.08. The number of allylic oxidation sites excluding steroid dienone is 1. The molecule has 30 heavy (non-hydrogen) atoms. The van der Waals surface area contributed by atoms with Crippen LogP contribution in [-0.4, -0.2) is 10.2 Å². The van der Waals surface area contributed by atoms with E-state index in [9.17, 15) is 5.26 Å². The monoisotopic (exact) mass is 504 g/mol. The number of hydrogen-bond donors (Lipinski definition) is 2. The van der Waals surface area contributed by atoms with Crippen molar-refractivity contribution in [2.45, 2.75) is 19.4 Å². The van der Waals surface area contributed by atoms with Crippen LogP contribution in [0.3, 0.4) is 0 Å². The van der Waals surface area contributed by atoms with E-state index < -0.39 is 5.92 Å². The van der Waals surface area contributed by atoms with Crippen molar-refractivity contribution in [3.8, 4) is 17.7 Å². The zero-order chi connectivity index (χ0) is 21.4. The molecule has 152 valence electrons. The highest BCUT2D eigenvalue weighted by atomic mass is 79.9. The summed E-state index contributed by atoms with van der Waals surface area (Å²) >= 11 is 15.6. The van der Waals surface area contributed by atoms with Crippen molar-refractivity contribution in [2.24, 2.45) is 5.73 Å². The molecule has 2 aromatic carbocycles. The Labute approximate surface area is 191 Å². The van der Waals surface area contributed by atoms with Gasteiger partial charge in [-0.15, -0.1) is 5.10 Å². The summed E-state index contributed by atoms with van der Waals surface area (Å²) < 4.78 is 12.5. The highest BCUT2D eigenvalue weighted by Gasteiger charge is 2.36. The Morgan fingerprint density at radius 3 is 2.80 bits per heavy atom. The minimum atomic E-state index is -0.487. The first-order chi connectivity index (χ1) is 14.4. The van der Waals surface area contributed by atoms with E-state index in [4.69, 9.17) is 38.4 Å². The molecule has 0 spiro atoms. The van der Waals surface area contributed by atoms with E-state index in [0.717, 1.165) is 26.9 Å². The summed E-state index contributed by atoms with van der Waals surface area (Å²) in [5.74, 6) is 0.489. The zero-order valence-electron chi connectivity index (χ0n) is 15.7. The number of aromatic amines is 1. The van der Waals surface area contributed by atoms with Gasteiger partial charge in [-0.25, -0.2) is 0 Å². The molecule has 0 bridgehead atoms. The summed E-state index contributed by atoms with van der Waals surface area (Å²) in [5, 5.41) is 17.8. The molecule has 0 fully saturated rings. The van der Waals surface area contributed by atoms with Crippen LogP contribution < -0.4 is 15.2 Å². The maximum atomic E-state index is 9.79. The third-order valence-electron chi connectivity index (χ3n) is 4.79. The van der Waals surface area contributed by atoms with E-state index in [1.54, 1.807) is 12.1 Å². The molecule has 9 heteroatoms. The van der Waals surface area contributed by atoms with Gasteiger partial charge in [0, 0.05) is 21.3 Å². The molecule has 0 unspecified atom stereocenters. The molecule has 6 nitrogen and oxygen atoms in total. The minimum absolute atomic E-state index is 0.0249. The fraction of sp³-hybridized carbons (Fsp3) is 0.143. The number of benzene rings is 2. The number of halogens is 3. The van der Waals surface area contributed by atoms with E-state index >= 15 is 0 Å². The number of nitriles is 1. The summed E-state index contributed by atoms with van der Waals surface area (Å²) in [7, 11) is 0. The van der Waals surface area contributed by atoms with Gasteiger partial charge in [-0.2, -0.15) is 5.26 Å². The van der Waals surface area contributed by atoms with Crippen LogP contribution in [0.5, 0.6) is 11.6 Å². The van der Waals surface area contributed by atoms with Gasteiger partial charge in [-0.1, -0.05) is 45.2 Å². The molecule has 1 aromatic heterocycles. The number of fused-ring (bicyclic) bond motifs is 1. The van der Waals surface area contributed by atoms with E-state index in [1.165, 1.54) is 0 Å². The molecule has 1 aliphatic rings. The van der Waals surface area contributed by atoms with Crippen LogP contribution in [0.2, 0.25) is 10.0 Å². The Hall–Kier alpha value is -2.66. The average molecular weight is 506 g/mol. The Kier molecular flexibility index (Phi) is 5.65. The number of nitrogens with one attached hydrogen (secondary N) is 1. The van der Waals surface area contributed by atoms with E-state index in [-0.39, 0.29) is 12.5 Å². The van der Waals surface area contributed by atoms with Crippen LogP contribution in [0, 0.1) is 18.3 Å². The number of nitrogens with zero attached hydrogens (tertiary/aromatic N) is 2. The van der Waals surface area contributed by atoms with Crippen molar-refractivity contribution < 1.29 is 9.47 Å². The number of nitrogens with two attached hydrogens (primary N) is 1. The van der Waals surface area contributed by atoms with E-state index in [0.29, 0.717) is 27.2 Å². The highest BCUT2D eigenvalue weighted by Crippen LogP contribution is 2.46. The van der Waals surface area contributed by atoms with Gasteiger partial charge in [-0.3, -0.25) is 5.10 Å². The smallest absolute Gasteiger partial charge is 0.244 e. The Morgan fingerprint density at radius 2 is 2.07 bits per heavy atom. The van der Waals surface area contributed by atoms with Crippen molar-refractivity contribution >= 4 is 39.1 Å². The molecule has 0 radical (unpaired) electrons. The Morgan fingerprint density at radius 1 is 1.27 bits per heavy atom. The maximum Gasteiger partial charge on any atom is 0.244 e. The highest BCUT2D eigenvalue weighted by molar-refractivity contribution is 9.10. The first-order valence-corrected chi connectivity index (χ1v) is 10.4. The van der Waals surface area contributed by atoms with Crippen molar-refractivity contribution in [3.63, 3.8) is 0 Å². The number of rotatable bonds is 4. The summed E-state index contributed by atoms with van der Waals surface area (Å²) in [4.78, 5) is 0. The lowest BCUT2D eigenvalue weighted by Crippen LogP contribution is -2.21. The second-order valence-electron chi connectivity index (χ2n) is 6.71. The zero-order valence-corrected chi connectivity index (χ0v) is 18.8. The van der Waals surface area contributed by atoms with Crippen LogP contribution in [-0.2, 0) is 6.61 Å². The van der Waals surface area contributed by atoms with Gasteiger partial charge in [0.25, 0.3) is 0 Å². The van der Waals surface area contributed by atoms with Gasteiger partial charge < -0.3 is 15.2 Å². The third-order valence-corrected chi connectivity index (χ3v) is 6.02. The molecule has 0 aliphatic carbocycles. The SMILES string of the molecule is Cc1[nH]nc2c1[C@H](c1cc(Br)ccc1OCc1ccc(Cl)c(Cl)c1)C(C#N)=C(N)O2. The predicted octanol–water partition coefficient (Wildman–Crippen LogP) is 5.58. The van der Waals surface area contributed by atoms with Crippen LogP contribution in [0.15, 0.2) is 52.3 Å². The van der Waals surface area contributed by atoms with E-state index in [1.807, 2.05) is 31.2 Å².